The summed E-state index contributed by atoms with van der Waals surface area (Å²) < 4.78 is 1.02. The molecule has 0 bridgehead atoms. The summed E-state index contributed by atoms with van der Waals surface area (Å²) in [5, 5.41) is 0. The molecule has 1 nitrogen and oxygen atoms in total. The standard InChI is InChI=1S/C7H7BIN/c1-4-2-5(8)3-6(9)7(4)10/h2-3H,10H2,1H3. The number of rotatable bonds is 0. The van der Waals surface area contributed by atoms with Gasteiger partial charge in [0.2, 0.25) is 0 Å². The van der Waals surface area contributed by atoms with E-state index in [0.29, 0.717) is 0 Å². The fraction of sp³-hybridized carbons (Fsp3) is 0.143. The number of hydrogen-bond acceptors (Lipinski definition) is 1. The number of anilines is 1. The van der Waals surface area contributed by atoms with E-state index in [2.05, 4.69) is 22.6 Å². The molecule has 0 aliphatic rings. The Kier molecular flexibility index (Phi) is 2.23. The maximum atomic E-state index is 5.69. The molecule has 0 unspecified atom stereocenters. The molecule has 0 aliphatic heterocycles. The number of benzene rings is 1. The van der Waals surface area contributed by atoms with Gasteiger partial charge in [0.05, 0.1) is 0 Å². The quantitative estimate of drug-likeness (QED) is 0.410. The molecule has 0 saturated carbocycles. The molecule has 0 amide bonds. The summed E-state index contributed by atoms with van der Waals surface area (Å²) in [4.78, 5) is 0. The fourth-order valence-electron chi connectivity index (χ4n) is 0.782. The van der Waals surface area contributed by atoms with E-state index in [-0.39, 0.29) is 0 Å². The van der Waals surface area contributed by atoms with Gasteiger partial charge >= 0.3 is 0 Å². The first-order valence-electron chi connectivity index (χ1n) is 2.92. The molecular formula is C7H7BIN. The van der Waals surface area contributed by atoms with E-state index < -0.39 is 0 Å². The first-order valence-corrected chi connectivity index (χ1v) is 4.00. The van der Waals surface area contributed by atoms with Crippen LogP contribution >= 0.6 is 22.6 Å². The molecule has 0 spiro atoms. The second-order valence-corrected chi connectivity index (χ2v) is 3.40. The van der Waals surface area contributed by atoms with Gasteiger partial charge in [-0.25, -0.2) is 0 Å². The van der Waals surface area contributed by atoms with Gasteiger partial charge in [-0.15, -0.1) is 0 Å². The molecule has 0 aliphatic carbocycles. The highest BCUT2D eigenvalue weighted by Crippen LogP contribution is 2.16. The van der Waals surface area contributed by atoms with Gasteiger partial charge in [-0.1, -0.05) is 17.6 Å². The predicted octanol–water partition coefficient (Wildman–Crippen LogP) is 0.976. The van der Waals surface area contributed by atoms with Crippen LogP contribution in [0.4, 0.5) is 5.69 Å². The van der Waals surface area contributed by atoms with Gasteiger partial charge in [0.15, 0.2) is 0 Å². The van der Waals surface area contributed by atoms with Crippen LogP contribution in [0.2, 0.25) is 0 Å². The van der Waals surface area contributed by atoms with E-state index in [9.17, 15) is 0 Å². The van der Waals surface area contributed by atoms with E-state index in [1.807, 2.05) is 19.1 Å². The molecule has 0 aromatic heterocycles. The maximum absolute atomic E-state index is 5.69. The van der Waals surface area contributed by atoms with Crippen molar-refractivity contribution in [3.05, 3.63) is 21.3 Å². The first-order chi connectivity index (χ1) is 4.61. The molecule has 10 heavy (non-hydrogen) atoms. The van der Waals surface area contributed by atoms with Crippen molar-refractivity contribution in [1.82, 2.24) is 0 Å². The Balaban J connectivity index is 3.31. The second kappa shape index (κ2) is 2.82. The van der Waals surface area contributed by atoms with Crippen molar-refractivity contribution in [2.75, 3.05) is 5.73 Å². The van der Waals surface area contributed by atoms with Gasteiger partial charge in [-0.2, -0.15) is 0 Å². The fourth-order valence-corrected chi connectivity index (χ4v) is 1.57. The third-order valence-corrected chi connectivity index (χ3v) is 2.25. The lowest BCUT2D eigenvalue weighted by molar-refractivity contribution is 1.47. The van der Waals surface area contributed by atoms with Crippen LogP contribution in [-0.2, 0) is 0 Å². The smallest absolute Gasteiger partial charge is 0.113 e. The van der Waals surface area contributed by atoms with Crippen LogP contribution in [0.1, 0.15) is 5.56 Å². The lowest BCUT2D eigenvalue weighted by atomic mass is 9.94. The molecule has 0 saturated heterocycles. The van der Waals surface area contributed by atoms with E-state index in [4.69, 9.17) is 13.6 Å². The number of aryl methyl sites for hydroxylation is 1. The summed E-state index contributed by atoms with van der Waals surface area (Å²) >= 11 is 2.17. The predicted molar refractivity (Wildman–Crippen MR) is 53.7 cm³/mol. The van der Waals surface area contributed by atoms with Gasteiger partial charge in [-0.3, -0.25) is 0 Å². The zero-order chi connectivity index (χ0) is 7.72. The van der Waals surface area contributed by atoms with E-state index in [1.165, 1.54) is 0 Å². The molecule has 2 radical (unpaired) electrons. The largest absolute Gasteiger partial charge is 0.398 e. The summed E-state index contributed by atoms with van der Waals surface area (Å²) in [6.07, 6.45) is 0. The van der Waals surface area contributed by atoms with Crippen molar-refractivity contribution < 1.29 is 0 Å². The second-order valence-electron chi connectivity index (χ2n) is 2.23. The Morgan fingerprint density at radius 1 is 1.50 bits per heavy atom. The van der Waals surface area contributed by atoms with Gasteiger partial charge in [0.25, 0.3) is 0 Å². The van der Waals surface area contributed by atoms with E-state index in [1.54, 1.807) is 0 Å². The molecule has 0 atom stereocenters. The average Bonchev–Trinajstić information content (AvgIpc) is 1.82. The lowest BCUT2D eigenvalue weighted by Crippen LogP contribution is -2.06. The van der Waals surface area contributed by atoms with Crippen LogP contribution < -0.4 is 11.2 Å². The number of halogens is 1. The van der Waals surface area contributed by atoms with Crippen LogP contribution in [0.25, 0.3) is 0 Å². The lowest BCUT2D eigenvalue weighted by Gasteiger charge is -2.03. The number of nitrogens with two attached hydrogens (primary N) is 1. The van der Waals surface area contributed by atoms with Crippen LogP contribution in [0.5, 0.6) is 0 Å². The minimum Gasteiger partial charge on any atom is -0.398 e. The topological polar surface area (TPSA) is 26.0 Å². The Hall–Kier alpha value is -0.185. The third-order valence-electron chi connectivity index (χ3n) is 1.36. The molecule has 1 aromatic rings. The van der Waals surface area contributed by atoms with Crippen molar-refractivity contribution in [1.29, 1.82) is 0 Å². The van der Waals surface area contributed by atoms with Gasteiger partial charge in [0, 0.05) is 9.26 Å². The van der Waals surface area contributed by atoms with Crippen molar-refractivity contribution in [2.45, 2.75) is 6.92 Å². The molecule has 0 heterocycles. The number of nitrogen functional groups attached to an aromatic ring is 1. The Bertz CT molecular complexity index is 237. The monoisotopic (exact) mass is 243 g/mol. The summed E-state index contributed by atoms with van der Waals surface area (Å²) in [6, 6.07) is 3.74. The maximum Gasteiger partial charge on any atom is 0.113 e. The minimum atomic E-state index is 0.774. The highest BCUT2D eigenvalue weighted by Gasteiger charge is 1.98. The first kappa shape index (κ1) is 7.92. The Morgan fingerprint density at radius 3 is 2.60 bits per heavy atom. The summed E-state index contributed by atoms with van der Waals surface area (Å²) in [6.45, 7) is 1.95. The zero-order valence-electron chi connectivity index (χ0n) is 5.69. The zero-order valence-corrected chi connectivity index (χ0v) is 7.84. The molecule has 50 valence electrons. The molecule has 0 fully saturated rings. The normalized spacial score (nSPS) is 9.80. The number of hydrogen-bond donors (Lipinski definition) is 1. The van der Waals surface area contributed by atoms with Crippen LogP contribution in [0.15, 0.2) is 12.1 Å². The van der Waals surface area contributed by atoms with Crippen molar-refractivity contribution in [2.24, 2.45) is 0 Å². The van der Waals surface area contributed by atoms with Crippen LogP contribution in [-0.4, -0.2) is 7.85 Å². The van der Waals surface area contributed by atoms with Crippen molar-refractivity contribution in [3.8, 4) is 0 Å². The third kappa shape index (κ3) is 1.45. The van der Waals surface area contributed by atoms with E-state index in [0.717, 1.165) is 20.3 Å². The molecule has 1 aromatic carbocycles. The Morgan fingerprint density at radius 2 is 2.10 bits per heavy atom. The van der Waals surface area contributed by atoms with Gasteiger partial charge in [0.1, 0.15) is 7.85 Å². The van der Waals surface area contributed by atoms with Gasteiger partial charge < -0.3 is 5.73 Å². The minimum absolute atomic E-state index is 0.774. The highest BCUT2D eigenvalue weighted by atomic mass is 127. The van der Waals surface area contributed by atoms with Crippen molar-refractivity contribution in [3.63, 3.8) is 0 Å². The van der Waals surface area contributed by atoms with Crippen LogP contribution in [0.3, 0.4) is 0 Å². The van der Waals surface area contributed by atoms with E-state index >= 15 is 0 Å². The van der Waals surface area contributed by atoms with Crippen molar-refractivity contribution >= 4 is 41.6 Å². The molecule has 2 N–H and O–H groups in total. The molecule has 3 heteroatoms. The Labute approximate surface area is 75.5 Å². The van der Waals surface area contributed by atoms with Gasteiger partial charge in [-0.05, 0) is 35.1 Å². The summed E-state index contributed by atoms with van der Waals surface area (Å²) in [5.41, 5.74) is 8.34. The molecule has 1 rings (SSSR count). The highest BCUT2D eigenvalue weighted by molar-refractivity contribution is 14.1. The molecular weight excluding hydrogens is 236 g/mol. The summed E-state index contributed by atoms with van der Waals surface area (Å²) in [5.74, 6) is 0. The SMILES string of the molecule is [B]c1cc(C)c(N)c(I)c1. The average molecular weight is 243 g/mol. The summed E-state index contributed by atoms with van der Waals surface area (Å²) in [7, 11) is 5.57. The van der Waals surface area contributed by atoms with Crippen LogP contribution in [0, 0.1) is 10.5 Å².